The highest BCUT2D eigenvalue weighted by molar-refractivity contribution is 6.70. The van der Waals surface area contributed by atoms with Crippen LogP contribution in [0.25, 0.3) is 0 Å². The van der Waals surface area contributed by atoms with E-state index in [1.165, 1.54) is 12.8 Å². The molecule has 1 saturated heterocycles. The number of hydrogen-bond acceptors (Lipinski definition) is 0. The summed E-state index contributed by atoms with van der Waals surface area (Å²) in [5.74, 6) is 0.645. The molecule has 0 aromatic rings. The Hall–Kier alpha value is -0.823. The van der Waals surface area contributed by atoms with Crippen molar-refractivity contribution in [2.24, 2.45) is 5.92 Å². The lowest BCUT2D eigenvalue weighted by atomic mass is 9.92. The quantitative estimate of drug-likeness (QED) is 0.627. The number of hydrogen-bond donors (Lipinski definition) is 0. The summed E-state index contributed by atoms with van der Waals surface area (Å²) in [4.78, 5) is 0. The molecule has 0 radical (unpaired) electrons. The molecule has 3 rings (SSSR count). The Kier molecular flexibility index (Phi) is 2.97. The summed E-state index contributed by atoms with van der Waals surface area (Å²) in [6.07, 6.45) is 7.73. The minimum absolute atomic E-state index is 0.522. The van der Waals surface area contributed by atoms with Crippen LogP contribution >= 0.6 is 0 Å². The Labute approximate surface area is 113 Å². The second-order valence-corrected chi connectivity index (χ2v) is 9.38. The fraction of sp³-hybridized carbons (Fsp3) is 0.529. The zero-order chi connectivity index (χ0) is 12.9. The standard InChI is InChI=1S/C17H24Si/c1-11-12(2)14(4)17(13(11)3)15-7-5-8-16(15)18-9-6-10-18/h7-8,13,18H,5-6,9-10H2,1-4H3. The normalized spacial score (nSPS) is 28.8. The van der Waals surface area contributed by atoms with Gasteiger partial charge in [0.05, 0.1) is 8.80 Å². The van der Waals surface area contributed by atoms with E-state index >= 15 is 0 Å². The molecule has 1 heteroatoms. The molecule has 3 aliphatic rings. The maximum absolute atomic E-state index is 2.54. The molecule has 2 aliphatic carbocycles. The van der Waals surface area contributed by atoms with E-state index < -0.39 is 8.80 Å². The summed E-state index contributed by atoms with van der Waals surface area (Å²) in [6, 6.07) is 3.10. The van der Waals surface area contributed by atoms with Crippen molar-refractivity contribution in [3.05, 3.63) is 45.2 Å². The molecule has 1 unspecified atom stereocenters. The van der Waals surface area contributed by atoms with Gasteiger partial charge in [0.15, 0.2) is 0 Å². The van der Waals surface area contributed by atoms with E-state index in [-0.39, 0.29) is 0 Å². The van der Waals surface area contributed by atoms with Gasteiger partial charge in [0, 0.05) is 5.92 Å². The summed E-state index contributed by atoms with van der Waals surface area (Å²) < 4.78 is 0. The Bertz CT molecular complexity index is 510. The Morgan fingerprint density at radius 1 is 1.06 bits per heavy atom. The van der Waals surface area contributed by atoms with Gasteiger partial charge in [-0.1, -0.05) is 48.4 Å². The minimum Gasteiger partial charge on any atom is -0.0812 e. The second kappa shape index (κ2) is 4.38. The van der Waals surface area contributed by atoms with E-state index in [4.69, 9.17) is 0 Å². The van der Waals surface area contributed by atoms with Crippen LogP contribution in [0.1, 0.15) is 40.5 Å². The first-order valence-electron chi connectivity index (χ1n) is 7.40. The molecule has 18 heavy (non-hydrogen) atoms. The van der Waals surface area contributed by atoms with Crippen LogP contribution in [-0.2, 0) is 0 Å². The summed E-state index contributed by atoms with van der Waals surface area (Å²) in [5.41, 5.74) is 8.01. The van der Waals surface area contributed by atoms with E-state index in [1.807, 2.05) is 5.20 Å². The van der Waals surface area contributed by atoms with Crippen LogP contribution in [0.5, 0.6) is 0 Å². The van der Waals surface area contributed by atoms with Gasteiger partial charge < -0.3 is 0 Å². The third-order valence-corrected chi connectivity index (χ3v) is 9.08. The molecule has 1 heterocycles. The highest BCUT2D eigenvalue weighted by Crippen LogP contribution is 2.46. The summed E-state index contributed by atoms with van der Waals surface area (Å²) in [6.45, 7) is 9.34. The smallest absolute Gasteiger partial charge is 0.0711 e. The van der Waals surface area contributed by atoms with Gasteiger partial charge in [-0.05, 0) is 49.5 Å². The second-order valence-electron chi connectivity index (χ2n) is 6.21. The molecule has 0 spiro atoms. The van der Waals surface area contributed by atoms with Gasteiger partial charge in [0.2, 0.25) is 0 Å². The van der Waals surface area contributed by atoms with Crippen LogP contribution in [0.4, 0.5) is 0 Å². The van der Waals surface area contributed by atoms with Crippen LogP contribution < -0.4 is 0 Å². The van der Waals surface area contributed by atoms with Crippen molar-refractivity contribution in [1.82, 2.24) is 0 Å². The van der Waals surface area contributed by atoms with Crippen molar-refractivity contribution in [3.8, 4) is 0 Å². The van der Waals surface area contributed by atoms with Crippen LogP contribution in [-0.4, -0.2) is 8.80 Å². The molecule has 1 atom stereocenters. The molecular weight excluding hydrogens is 232 g/mol. The lowest BCUT2D eigenvalue weighted by Gasteiger charge is -2.29. The summed E-state index contributed by atoms with van der Waals surface area (Å²) in [5, 5.41) is 1.81. The third-order valence-electron chi connectivity index (χ3n) is 5.45. The topological polar surface area (TPSA) is 0 Å². The van der Waals surface area contributed by atoms with Gasteiger partial charge in [-0.25, -0.2) is 0 Å². The third kappa shape index (κ3) is 1.64. The van der Waals surface area contributed by atoms with Gasteiger partial charge in [0.1, 0.15) is 0 Å². The molecule has 0 bridgehead atoms. The van der Waals surface area contributed by atoms with Crippen molar-refractivity contribution >= 4 is 8.80 Å². The largest absolute Gasteiger partial charge is 0.0812 e. The Morgan fingerprint density at radius 3 is 2.28 bits per heavy atom. The summed E-state index contributed by atoms with van der Waals surface area (Å²) >= 11 is 0. The fourth-order valence-electron chi connectivity index (χ4n) is 3.70. The molecule has 1 aliphatic heterocycles. The van der Waals surface area contributed by atoms with E-state index in [9.17, 15) is 0 Å². The van der Waals surface area contributed by atoms with Gasteiger partial charge in [0.25, 0.3) is 0 Å². The van der Waals surface area contributed by atoms with Gasteiger partial charge >= 0.3 is 0 Å². The number of allylic oxidation sites excluding steroid dienone is 8. The first-order valence-corrected chi connectivity index (χ1v) is 9.61. The first kappa shape index (κ1) is 12.2. The Morgan fingerprint density at radius 2 is 1.78 bits per heavy atom. The molecule has 96 valence electrons. The molecule has 0 N–H and O–H groups in total. The van der Waals surface area contributed by atoms with Crippen LogP contribution in [0.2, 0.25) is 12.1 Å². The van der Waals surface area contributed by atoms with Crippen molar-refractivity contribution in [2.75, 3.05) is 0 Å². The predicted molar refractivity (Wildman–Crippen MR) is 82.4 cm³/mol. The summed E-state index contributed by atoms with van der Waals surface area (Å²) in [7, 11) is -0.522. The van der Waals surface area contributed by atoms with E-state index in [0.717, 1.165) is 0 Å². The van der Waals surface area contributed by atoms with Crippen molar-refractivity contribution in [3.63, 3.8) is 0 Å². The van der Waals surface area contributed by atoms with Gasteiger partial charge in [-0.2, -0.15) is 0 Å². The molecule has 0 saturated carbocycles. The SMILES string of the molecule is CC1=C(C)C(C)C(C2=CCC=C2[SiH]2CCC2)=C1C. The maximum atomic E-state index is 2.54. The highest BCUT2D eigenvalue weighted by atomic mass is 28.3. The van der Waals surface area contributed by atoms with Gasteiger partial charge in [-0.3, -0.25) is 0 Å². The van der Waals surface area contributed by atoms with Gasteiger partial charge in [-0.15, -0.1) is 0 Å². The molecule has 0 amide bonds. The monoisotopic (exact) mass is 256 g/mol. The first-order chi connectivity index (χ1) is 8.61. The average molecular weight is 256 g/mol. The molecule has 0 aromatic heterocycles. The molecule has 1 fully saturated rings. The van der Waals surface area contributed by atoms with E-state index in [1.54, 1.807) is 40.0 Å². The maximum Gasteiger partial charge on any atom is 0.0711 e. The molecular formula is C17H24Si. The van der Waals surface area contributed by atoms with Crippen molar-refractivity contribution in [1.29, 1.82) is 0 Å². The lowest BCUT2D eigenvalue weighted by Crippen LogP contribution is -2.26. The fourth-order valence-corrected chi connectivity index (χ4v) is 6.32. The zero-order valence-corrected chi connectivity index (χ0v) is 13.3. The average Bonchev–Trinajstić information content (AvgIpc) is 2.79. The Balaban J connectivity index is 1.95. The molecule has 0 nitrogen and oxygen atoms in total. The number of rotatable bonds is 2. The molecule has 0 aromatic carbocycles. The van der Waals surface area contributed by atoms with E-state index in [0.29, 0.717) is 5.92 Å². The lowest BCUT2D eigenvalue weighted by molar-refractivity contribution is 0.826. The van der Waals surface area contributed by atoms with Crippen LogP contribution in [0, 0.1) is 5.92 Å². The zero-order valence-electron chi connectivity index (χ0n) is 12.1. The van der Waals surface area contributed by atoms with Crippen LogP contribution in [0.3, 0.4) is 0 Å². The van der Waals surface area contributed by atoms with Crippen molar-refractivity contribution < 1.29 is 0 Å². The van der Waals surface area contributed by atoms with Crippen molar-refractivity contribution in [2.45, 2.75) is 52.6 Å². The van der Waals surface area contributed by atoms with E-state index in [2.05, 4.69) is 39.8 Å². The predicted octanol–water partition coefficient (Wildman–Crippen LogP) is 4.72. The highest BCUT2D eigenvalue weighted by Gasteiger charge is 2.33. The van der Waals surface area contributed by atoms with Crippen LogP contribution in [0.15, 0.2) is 45.2 Å². The minimum atomic E-state index is -0.522.